The number of rotatable bonds is 6. The lowest BCUT2D eigenvalue weighted by molar-refractivity contribution is 0.0686. The largest absolute Gasteiger partial charge is 0.478 e. The summed E-state index contributed by atoms with van der Waals surface area (Å²) in [6, 6.07) is 16.1. The van der Waals surface area contributed by atoms with Crippen molar-refractivity contribution >= 4 is 17.9 Å². The van der Waals surface area contributed by atoms with Gasteiger partial charge in [0.15, 0.2) is 0 Å². The van der Waals surface area contributed by atoms with Crippen molar-refractivity contribution in [2.45, 2.75) is 41.5 Å². The SMILES string of the molecule is Cc1cc(C(=O)O)cc(C)c1-c1cc(-c2c(C)cc(C(=O)O)cc2C)cc(-c2c(C)cc(C(=O)O)cc2C)c1. The number of benzene rings is 4. The number of aryl methyl sites for hydroxylation is 6. The first-order valence-electron chi connectivity index (χ1n) is 12.5. The van der Waals surface area contributed by atoms with E-state index in [1.54, 1.807) is 36.4 Å². The van der Waals surface area contributed by atoms with Gasteiger partial charge >= 0.3 is 17.9 Å². The van der Waals surface area contributed by atoms with Crippen molar-refractivity contribution < 1.29 is 29.7 Å². The molecule has 6 nitrogen and oxygen atoms in total. The lowest BCUT2D eigenvalue weighted by atomic mass is 9.85. The van der Waals surface area contributed by atoms with E-state index in [1.807, 2.05) is 59.7 Å². The summed E-state index contributed by atoms with van der Waals surface area (Å²) in [5.74, 6) is -2.97. The first-order valence-corrected chi connectivity index (χ1v) is 12.5. The van der Waals surface area contributed by atoms with Crippen LogP contribution in [0.5, 0.6) is 0 Å². The Morgan fingerprint density at radius 2 is 0.564 bits per heavy atom. The maximum absolute atomic E-state index is 11.6. The van der Waals surface area contributed by atoms with E-state index < -0.39 is 17.9 Å². The number of carboxylic acid groups (broad SMARTS) is 3. The first kappa shape index (κ1) is 27.3. The molecule has 0 amide bonds. The summed E-state index contributed by atoms with van der Waals surface area (Å²) in [4.78, 5) is 34.9. The Bertz CT molecular complexity index is 1410. The van der Waals surface area contributed by atoms with Crippen LogP contribution < -0.4 is 0 Å². The van der Waals surface area contributed by atoms with Crippen molar-refractivity contribution in [1.29, 1.82) is 0 Å². The smallest absolute Gasteiger partial charge is 0.335 e. The van der Waals surface area contributed by atoms with Crippen molar-refractivity contribution in [2.75, 3.05) is 0 Å². The number of aromatic carboxylic acids is 3. The van der Waals surface area contributed by atoms with Crippen LogP contribution in [0.2, 0.25) is 0 Å². The highest BCUT2D eigenvalue weighted by atomic mass is 16.4. The van der Waals surface area contributed by atoms with Crippen molar-refractivity contribution in [2.24, 2.45) is 0 Å². The zero-order chi connectivity index (χ0) is 28.8. The van der Waals surface area contributed by atoms with Crippen LogP contribution >= 0.6 is 0 Å². The van der Waals surface area contributed by atoms with E-state index in [9.17, 15) is 29.7 Å². The Morgan fingerprint density at radius 3 is 0.718 bits per heavy atom. The predicted octanol–water partition coefficient (Wildman–Crippen LogP) is 7.63. The summed E-state index contributed by atoms with van der Waals surface area (Å²) in [5, 5.41) is 28.6. The van der Waals surface area contributed by atoms with Crippen LogP contribution in [0.4, 0.5) is 0 Å². The molecular formula is C33H30O6. The molecule has 0 saturated carbocycles. The summed E-state index contributed by atoms with van der Waals surface area (Å²) in [5.41, 5.74) is 11.0. The van der Waals surface area contributed by atoms with Gasteiger partial charge in [0.2, 0.25) is 0 Å². The highest BCUT2D eigenvalue weighted by Crippen LogP contribution is 2.40. The van der Waals surface area contributed by atoms with Gasteiger partial charge in [0, 0.05) is 0 Å². The Hall–Kier alpha value is -4.71. The molecule has 0 aliphatic carbocycles. The fourth-order valence-electron chi connectivity index (χ4n) is 5.69. The number of carboxylic acids is 3. The zero-order valence-corrected chi connectivity index (χ0v) is 22.8. The normalized spacial score (nSPS) is 10.9. The van der Waals surface area contributed by atoms with Crippen LogP contribution in [0.25, 0.3) is 33.4 Å². The maximum Gasteiger partial charge on any atom is 0.335 e. The molecule has 0 unspecified atom stereocenters. The average Bonchev–Trinajstić information content (AvgIpc) is 2.82. The average molecular weight is 523 g/mol. The van der Waals surface area contributed by atoms with Crippen LogP contribution in [0.15, 0.2) is 54.6 Å². The molecule has 0 aliphatic heterocycles. The van der Waals surface area contributed by atoms with Crippen LogP contribution in [0, 0.1) is 41.5 Å². The lowest BCUT2D eigenvalue weighted by Crippen LogP contribution is -2.02. The molecule has 0 atom stereocenters. The minimum Gasteiger partial charge on any atom is -0.478 e. The van der Waals surface area contributed by atoms with Crippen molar-refractivity contribution in [1.82, 2.24) is 0 Å². The van der Waals surface area contributed by atoms with Crippen LogP contribution in [-0.2, 0) is 0 Å². The molecule has 6 heteroatoms. The summed E-state index contributed by atoms with van der Waals surface area (Å²) < 4.78 is 0. The van der Waals surface area contributed by atoms with Gasteiger partial charge in [-0.1, -0.05) is 0 Å². The minimum atomic E-state index is -0.989. The van der Waals surface area contributed by atoms with Crippen LogP contribution in [-0.4, -0.2) is 33.2 Å². The second kappa shape index (κ2) is 10.2. The molecule has 0 aromatic heterocycles. The monoisotopic (exact) mass is 522 g/mol. The fraction of sp³-hybridized carbons (Fsp3) is 0.182. The molecule has 0 heterocycles. The van der Waals surface area contributed by atoms with Gasteiger partial charge in [-0.2, -0.15) is 0 Å². The van der Waals surface area contributed by atoms with E-state index in [0.717, 1.165) is 66.8 Å². The third-order valence-corrected chi connectivity index (χ3v) is 7.14. The number of hydrogen-bond acceptors (Lipinski definition) is 3. The van der Waals surface area contributed by atoms with Gasteiger partial charge in [0.05, 0.1) is 16.7 Å². The van der Waals surface area contributed by atoms with E-state index in [0.29, 0.717) is 0 Å². The molecule has 0 radical (unpaired) electrons. The maximum atomic E-state index is 11.6. The van der Waals surface area contributed by atoms with Gasteiger partial charge in [-0.05, 0) is 163 Å². The first-order chi connectivity index (χ1) is 18.3. The fourth-order valence-corrected chi connectivity index (χ4v) is 5.69. The Morgan fingerprint density at radius 1 is 0.385 bits per heavy atom. The van der Waals surface area contributed by atoms with Crippen molar-refractivity contribution in [3.05, 3.63) is 105 Å². The summed E-state index contributed by atoms with van der Waals surface area (Å²) >= 11 is 0. The van der Waals surface area contributed by atoms with E-state index in [-0.39, 0.29) is 16.7 Å². The van der Waals surface area contributed by atoms with Gasteiger partial charge in [-0.3, -0.25) is 0 Å². The van der Waals surface area contributed by atoms with Gasteiger partial charge in [0.1, 0.15) is 0 Å². The topological polar surface area (TPSA) is 112 Å². The second-order valence-electron chi connectivity index (χ2n) is 10.2. The second-order valence-corrected chi connectivity index (χ2v) is 10.2. The molecule has 0 saturated heterocycles. The molecule has 0 bridgehead atoms. The highest BCUT2D eigenvalue weighted by molar-refractivity contribution is 5.94. The predicted molar refractivity (Wildman–Crippen MR) is 152 cm³/mol. The molecular weight excluding hydrogens is 492 g/mol. The van der Waals surface area contributed by atoms with Crippen LogP contribution in [0.1, 0.15) is 64.5 Å². The van der Waals surface area contributed by atoms with E-state index in [1.165, 1.54) is 0 Å². The number of carbonyl (C=O) groups is 3. The Labute approximate surface area is 227 Å². The van der Waals surface area contributed by atoms with Gasteiger partial charge in [-0.15, -0.1) is 0 Å². The Balaban J connectivity index is 2.07. The summed E-state index contributed by atoms with van der Waals surface area (Å²) in [6.07, 6.45) is 0. The standard InChI is InChI=1S/C33H30O6/c1-16-7-25(31(34)35)8-17(2)28(16)22-13-23(29-18(3)9-26(32(36)37)10-19(29)4)15-24(14-22)30-20(5)11-27(33(38)39)12-21(30)6/h7-15H,1-6H3,(H,34,35)(H,36,37)(H,38,39). The highest BCUT2D eigenvalue weighted by Gasteiger charge is 2.19. The Kier molecular flexibility index (Phi) is 7.16. The molecule has 4 rings (SSSR count). The molecule has 4 aromatic rings. The summed E-state index contributed by atoms with van der Waals surface area (Å²) in [7, 11) is 0. The summed E-state index contributed by atoms with van der Waals surface area (Å²) in [6.45, 7) is 11.3. The molecule has 3 N–H and O–H groups in total. The van der Waals surface area contributed by atoms with Gasteiger partial charge in [0.25, 0.3) is 0 Å². The molecule has 0 aliphatic rings. The van der Waals surface area contributed by atoms with Gasteiger partial charge < -0.3 is 15.3 Å². The lowest BCUT2D eigenvalue weighted by Gasteiger charge is -2.19. The molecule has 4 aromatic carbocycles. The third-order valence-electron chi connectivity index (χ3n) is 7.14. The molecule has 198 valence electrons. The van der Waals surface area contributed by atoms with Crippen molar-refractivity contribution in [3.8, 4) is 33.4 Å². The van der Waals surface area contributed by atoms with Gasteiger partial charge in [-0.25, -0.2) is 14.4 Å². The van der Waals surface area contributed by atoms with E-state index in [4.69, 9.17) is 0 Å². The number of hydrogen-bond donors (Lipinski definition) is 3. The molecule has 0 fully saturated rings. The van der Waals surface area contributed by atoms with E-state index in [2.05, 4.69) is 0 Å². The van der Waals surface area contributed by atoms with Crippen LogP contribution in [0.3, 0.4) is 0 Å². The third kappa shape index (κ3) is 5.18. The van der Waals surface area contributed by atoms with Crippen molar-refractivity contribution in [3.63, 3.8) is 0 Å². The zero-order valence-electron chi connectivity index (χ0n) is 22.8. The molecule has 0 spiro atoms. The molecule has 39 heavy (non-hydrogen) atoms. The minimum absolute atomic E-state index is 0.219. The quantitative estimate of drug-likeness (QED) is 0.240. The van der Waals surface area contributed by atoms with E-state index >= 15 is 0 Å².